The molecular formula is C21H28N2O4. The number of benzene rings is 1. The molecule has 1 amide bonds. The first kappa shape index (κ1) is 19.4. The van der Waals surface area contributed by atoms with Crippen molar-refractivity contribution in [1.29, 1.82) is 0 Å². The predicted octanol–water partition coefficient (Wildman–Crippen LogP) is 2.51. The lowest BCUT2D eigenvalue weighted by Gasteiger charge is -2.18. The van der Waals surface area contributed by atoms with E-state index in [1.165, 1.54) is 0 Å². The molecule has 1 N–H and O–H groups in total. The first-order chi connectivity index (χ1) is 13.0. The summed E-state index contributed by atoms with van der Waals surface area (Å²) >= 11 is 0. The molecule has 1 heterocycles. The molecule has 2 aromatic rings. The number of nitrogens with one attached hydrogen (secondary N) is 1. The van der Waals surface area contributed by atoms with Gasteiger partial charge in [-0.1, -0.05) is 0 Å². The molecular weight excluding hydrogens is 344 g/mol. The highest BCUT2D eigenvalue weighted by molar-refractivity contribution is 5.83. The van der Waals surface area contributed by atoms with Gasteiger partial charge in [0.1, 0.15) is 11.3 Å². The van der Waals surface area contributed by atoms with Crippen LogP contribution in [-0.4, -0.2) is 44.1 Å². The molecule has 1 aromatic carbocycles. The average Bonchev–Trinajstić information content (AvgIpc) is 2.65. The summed E-state index contributed by atoms with van der Waals surface area (Å²) in [4.78, 5) is 26.5. The van der Waals surface area contributed by atoms with E-state index in [0.29, 0.717) is 17.9 Å². The number of fused-ring (bicyclic) bond motifs is 3. The topological polar surface area (TPSA) is 71.8 Å². The fourth-order valence-electron chi connectivity index (χ4n) is 3.51. The summed E-state index contributed by atoms with van der Waals surface area (Å²) in [5, 5.41) is 3.85. The number of carbonyl (C=O) groups is 1. The quantitative estimate of drug-likeness (QED) is 0.597. The van der Waals surface area contributed by atoms with E-state index in [9.17, 15) is 9.59 Å². The van der Waals surface area contributed by atoms with Crippen molar-refractivity contribution >= 4 is 16.9 Å². The number of amides is 1. The van der Waals surface area contributed by atoms with Crippen LogP contribution in [0.25, 0.3) is 11.0 Å². The lowest BCUT2D eigenvalue weighted by Crippen LogP contribution is -2.37. The van der Waals surface area contributed by atoms with E-state index in [-0.39, 0.29) is 11.5 Å². The summed E-state index contributed by atoms with van der Waals surface area (Å²) < 4.78 is 11.3. The zero-order valence-electron chi connectivity index (χ0n) is 16.3. The van der Waals surface area contributed by atoms with Crippen molar-refractivity contribution in [2.75, 3.05) is 27.2 Å². The summed E-state index contributed by atoms with van der Waals surface area (Å²) in [7, 11) is 4.01. The van der Waals surface area contributed by atoms with Gasteiger partial charge in [0.15, 0.2) is 6.10 Å². The average molecular weight is 372 g/mol. The van der Waals surface area contributed by atoms with Crippen LogP contribution < -0.4 is 15.7 Å². The third-order valence-corrected chi connectivity index (χ3v) is 4.96. The van der Waals surface area contributed by atoms with Gasteiger partial charge in [0.2, 0.25) is 0 Å². The Morgan fingerprint density at radius 1 is 1.26 bits per heavy atom. The normalized spacial score (nSPS) is 14.8. The molecule has 1 aliphatic carbocycles. The second kappa shape index (κ2) is 8.57. The van der Waals surface area contributed by atoms with Gasteiger partial charge in [-0.25, -0.2) is 4.79 Å². The Hall–Kier alpha value is -2.34. The van der Waals surface area contributed by atoms with Crippen molar-refractivity contribution in [3.05, 3.63) is 39.7 Å². The fraction of sp³-hybridized carbons (Fsp3) is 0.524. The fourth-order valence-corrected chi connectivity index (χ4v) is 3.51. The van der Waals surface area contributed by atoms with Crippen LogP contribution in [-0.2, 0) is 17.6 Å². The second-order valence-electron chi connectivity index (χ2n) is 7.42. The molecule has 0 saturated heterocycles. The molecule has 6 nitrogen and oxygen atoms in total. The van der Waals surface area contributed by atoms with Gasteiger partial charge in [-0.3, -0.25) is 4.79 Å². The zero-order chi connectivity index (χ0) is 19.4. The molecule has 0 aliphatic heterocycles. The van der Waals surface area contributed by atoms with Crippen LogP contribution >= 0.6 is 0 Å². The smallest absolute Gasteiger partial charge is 0.339 e. The van der Waals surface area contributed by atoms with E-state index in [2.05, 4.69) is 10.2 Å². The van der Waals surface area contributed by atoms with Crippen LogP contribution in [0.2, 0.25) is 0 Å². The van der Waals surface area contributed by atoms with E-state index in [0.717, 1.165) is 55.2 Å². The third kappa shape index (κ3) is 4.69. The van der Waals surface area contributed by atoms with Crippen LogP contribution in [0, 0.1) is 0 Å². The van der Waals surface area contributed by atoms with Crippen LogP contribution in [0.5, 0.6) is 5.75 Å². The SMILES string of the molecule is CC(Oc1ccc2c3c(c(=O)oc2c1)CCCC3)C(=O)NCCCN(C)C. The molecule has 1 unspecified atom stereocenters. The number of ether oxygens (including phenoxy) is 1. The maximum absolute atomic E-state index is 12.2. The number of aryl methyl sites for hydroxylation is 1. The molecule has 3 rings (SSSR count). The van der Waals surface area contributed by atoms with E-state index >= 15 is 0 Å². The number of carbonyl (C=O) groups excluding carboxylic acids is 1. The third-order valence-electron chi connectivity index (χ3n) is 4.96. The highest BCUT2D eigenvalue weighted by atomic mass is 16.5. The molecule has 146 valence electrons. The van der Waals surface area contributed by atoms with Gasteiger partial charge in [-0.05, 0) is 77.4 Å². The van der Waals surface area contributed by atoms with Gasteiger partial charge in [-0.15, -0.1) is 0 Å². The summed E-state index contributed by atoms with van der Waals surface area (Å²) in [6.45, 7) is 3.25. The van der Waals surface area contributed by atoms with Gasteiger partial charge in [0.05, 0.1) is 0 Å². The van der Waals surface area contributed by atoms with E-state index in [1.807, 2.05) is 26.2 Å². The van der Waals surface area contributed by atoms with Crippen molar-refractivity contribution in [2.24, 2.45) is 0 Å². The molecule has 0 radical (unpaired) electrons. The Bertz CT molecular complexity index is 872. The van der Waals surface area contributed by atoms with Gasteiger partial charge in [0, 0.05) is 23.6 Å². The molecule has 1 atom stereocenters. The molecule has 27 heavy (non-hydrogen) atoms. The first-order valence-electron chi connectivity index (χ1n) is 9.63. The monoisotopic (exact) mass is 372 g/mol. The summed E-state index contributed by atoms with van der Waals surface area (Å²) in [6.07, 6.45) is 4.09. The molecule has 1 aliphatic rings. The molecule has 0 saturated carbocycles. The van der Waals surface area contributed by atoms with Gasteiger partial charge in [0.25, 0.3) is 5.91 Å². The van der Waals surface area contributed by atoms with E-state index in [4.69, 9.17) is 9.15 Å². The number of hydrogen-bond donors (Lipinski definition) is 1. The molecule has 0 bridgehead atoms. The van der Waals surface area contributed by atoms with Gasteiger partial charge in [-0.2, -0.15) is 0 Å². The standard InChI is InChI=1S/C21H28N2O4/c1-14(20(24)22-11-6-12-23(2)3)26-15-9-10-17-16-7-4-5-8-18(16)21(25)27-19(17)13-15/h9-10,13-14H,4-8,11-12H2,1-3H3,(H,22,24). The highest BCUT2D eigenvalue weighted by Gasteiger charge is 2.19. The zero-order valence-corrected chi connectivity index (χ0v) is 16.3. The summed E-state index contributed by atoms with van der Waals surface area (Å²) in [6, 6.07) is 5.48. The first-order valence-corrected chi connectivity index (χ1v) is 9.63. The number of nitrogens with zero attached hydrogens (tertiary/aromatic N) is 1. The highest BCUT2D eigenvalue weighted by Crippen LogP contribution is 2.29. The Morgan fingerprint density at radius 2 is 2.00 bits per heavy atom. The number of rotatable bonds is 7. The van der Waals surface area contributed by atoms with Gasteiger partial charge >= 0.3 is 5.63 Å². The molecule has 1 aromatic heterocycles. The van der Waals surface area contributed by atoms with Crippen molar-refractivity contribution in [1.82, 2.24) is 10.2 Å². The Kier molecular flexibility index (Phi) is 6.16. The summed E-state index contributed by atoms with van der Waals surface area (Å²) in [5.41, 5.74) is 2.19. The van der Waals surface area contributed by atoms with Crippen LogP contribution in [0.3, 0.4) is 0 Å². The van der Waals surface area contributed by atoms with Gasteiger partial charge < -0.3 is 19.4 Å². The predicted molar refractivity (Wildman–Crippen MR) is 105 cm³/mol. The minimum atomic E-state index is -0.619. The second-order valence-corrected chi connectivity index (χ2v) is 7.42. The minimum absolute atomic E-state index is 0.152. The molecule has 0 spiro atoms. The Morgan fingerprint density at radius 3 is 2.74 bits per heavy atom. The van der Waals surface area contributed by atoms with E-state index < -0.39 is 6.10 Å². The Balaban J connectivity index is 1.68. The molecule has 6 heteroatoms. The van der Waals surface area contributed by atoms with Crippen molar-refractivity contribution < 1.29 is 13.9 Å². The van der Waals surface area contributed by atoms with Crippen molar-refractivity contribution in [2.45, 2.75) is 45.1 Å². The minimum Gasteiger partial charge on any atom is -0.481 e. The largest absolute Gasteiger partial charge is 0.481 e. The lowest BCUT2D eigenvalue weighted by atomic mass is 9.91. The molecule has 0 fully saturated rings. The van der Waals surface area contributed by atoms with E-state index in [1.54, 1.807) is 13.0 Å². The number of hydrogen-bond acceptors (Lipinski definition) is 5. The maximum atomic E-state index is 12.2. The van der Waals surface area contributed by atoms with Crippen LogP contribution in [0.4, 0.5) is 0 Å². The van der Waals surface area contributed by atoms with Crippen molar-refractivity contribution in [3.63, 3.8) is 0 Å². The maximum Gasteiger partial charge on any atom is 0.339 e. The van der Waals surface area contributed by atoms with Crippen LogP contribution in [0.1, 0.15) is 37.3 Å². The Labute approximate surface area is 159 Å². The summed E-state index contributed by atoms with van der Waals surface area (Å²) in [5.74, 6) is 0.373. The lowest BCUT2D eigenvalue weighted by molar-refractivity contribution is -0.127. The van der Waals surface area contributed by atoms with Crippen molar-refractivity contribution in [3.8, 4) is 5.75 Å². The van der Waals surface area contributed by atoms with Crippen LogP contribution in [0.15, 0.2) is 27.4 Å².